The van der Waals surface area contributed by atoms with Gasteiger partial charge >= 0.3 is 0 Å². The van der Waals surface area contributed by atoms with Gasteiger partial charge in [-0.3, -0.25) is 0 Å². The van der Waals surface area contributed by atoms with E-state index in [1.807, 2.05) is 18.2 Å². The van der Waals surface area contributed by atoms with E-state index in [1.54, 1.807) is 7.11 Å². The number of benzene rings is 1. The van der Waals surface area contributed by atoms with E-state index in [2.05, 4.69) is 4.90 Å². The van der Waals surface area contributed by atoms with Gasteiger partial charge in [0.05, 0.1) is 17.2 Å². The van der Waals surface area contributed by atoms with Gasteiger partial charge in [0.1, 0.15) is 4.99 Å². The van der Waals surface area contributed by atoms with E-state index >= 15 is 0 Å². The molecule has 0 radical (unpaired) electrons. The van der Waals surface area contributed by atoms with E-state index < -0.39 is 0 Å². The first-order valence-corrected chi connectivity index (χ1v) is 7.24. The molecule has 19 heavy (non-hydrogen) atoms. The maximum Gasteiger partial charge on any atom is 0.107 e. The third kappa shape index (κ3) is 3.38. The van der Waals surface area contributed by atoms with E-state index in [0.29, 0.717) is 15.9 Å². The van der Waals surface area contributed by atoms with Crippen LogP contribution in [0.1, 0.15) is 18.4 Å². The first-order valence-electron chi connectivity index (χ1n) is 6.45. The van der Waals surface area contributed by atoms with Crippen molar-refractivity contribution in [3.05, 3.63) is 28.8 Å². The molecule has 0 spiro atoms. The first-order chi connectivity index (χ1) is 9.13. The Bertz CT molecular complexity index is 465. The number of piperidine rings is 1. The van der Waals surface area contributed by atoms with Gasteiger partial charge in [0.25, 0.3) is 0 Å². The van der Waals surface area contributed by atoms with Gasteiger partial charge in [0.2, 0.25) is 0 Å². The fourth-order valence-corrected chi connectivity index (χ4v) is 3.22. The van der Waals surface area contributed by atoms with Crippen LogP contribution in [0, 0.1) is 5.92 Å². The fraction of sp³-hybridized carbons (Fsp3) is 0.500. The van der Waals surface area contributed by atoms with Crippen LogP contribution in [-0.2, 0) is 4.74 Å². The van der Waals surface area contributed by atoms with Crippen molar-refractivity contribution >= 4 is 34.5 Å². The largest absolute Gasteiger partial charge is 0.389 e. The van der Waals surface area contributed by atoms with Crippen molar-refractivity contribution in [1.29, 1.82) is 0 Å². The Morgan fingerprint density at radius 2 is 2.37 bits per heavy atom. The maximum atomic E-state index is 6.22. The number of nitrogens with two attached hydrogens (primary N) is 1. The van der Waals surface area contributed by atoms with Crippen molar-refractivity contribution in [2.75, 3.05) is 31.7 Å². The molecule has 3 nitrogen and oxygen atoms in total. The van der Waals surface area contributed by atoms with Crippen molar-refractivity contribution in [3.8, 4) is 0 Å². The minimum absolute atomic E-state index is 0.356. The molecule has 2 rings (SSSR count). The first kappa shape index (κ1) is 14.6. The lowest BCUT2D eigenvalue weighted by atomic mass is 9.97. The zero-order valence-electron chi connectivity index (χ0n) is 11.1. The molecule has 1 unspecified atom stereocenters. The molecule has 1 heterocycles. The summed E-state index contributed by atoms with van der Waals surface area (Å²) < 4.78 is 5.26. The lowest BCUT2D eigenvalue weighted by Gasteiger charge is -2.35. The number of hydrogen-bond acceptors (Lipinski definition) is 3. The van der Waals surface area contributed by atoms with Crippen molar-refractivity contribution in [2.24, 2.45) is 11.7 Å². The van der Waals surface area contributed by atoms with Crippen molar-refractivity contribution < 1.29 is 4.74 Å². The van der Waals surface area contributed by atoms with Crippen LogP contribution in [-0.4, -0.2) is 31.8 Å². The quantitative estimate of drug-likeness (QED) is 0.868. The summed E-state index contributed by atoms with van der Waals surface area (Å²) in [7, 11) is 1.75. The summed E-state index contributed by atoms with van der Waals surface area (Å²) in [5, 5.41) is 0.624. The van der Waals surface area contributed by atoms with Crippen LogP contribution >= 0.6 is 23.8 Å². The third-order valence-corrected chi connectivity index (χ3v) is 4.02. The van der Waals surface area contributed by atoms with E-state index in [1.165, 1.54) is 6.42 Å². The predicted molar refractivity (Wildman–Crippen MR) is 84.2 cm³/mol. The second kappa shape index (κ2) is 6.55. The smallest absolute Gasteiger partial charge is 0.107 e. The normalized spacial score (nSPS) is 19.5. The van der Waals surface area contributed by atoms with Gasteiger partial charge in [-0.05, 0) is 30.9 Å². The highest BCUT2D eigenvalue weighted by Crippen LogP contribution is 2.30. The van der Waals surface area contributed by atoms with Crippen LogP contribution in [0.2, 0.25) is 5.02 Å². The summed E-state index contributed by atoms with van der Waals surface area (Å²) in [4.78, 5) is 2.67. The summed E-state index contributed by atoms with van der Waals surface area (Å²) >= 11 is 11.4. The summed E-state index contributed by atoms with van der Waals surface area (Å²) in [5.41, 5.74) is 7.64. The number of methoxy groups -OCH3 is 1. The van der Waals surface area contributed by atoms with Crippen molar-refractivity contribution in [2.45, 2.75) is 12.8 Å². The molecule has 1 aromatic carbocycles. The van der Waals surface area contributed by atoms with Gasteiger partial charge in [-0.25, -0.2) is 0 Å². The minimum atomic E-state index is 0.356. The molecular formula is C14H19ClN2OS. The van der Waals surface area contributed by atoms with Crippen LogP contribution in [0.5, 0.6) is 0 Å². The highest BCUT2D eigenvalue weighted by atomic mass is 35.5. The molecule has 104 valence electrons. The highest BCUT2D eigenvalue weighted by Gasteiger charge is 2.23. The van der Waals surface area contributed by atoms with Gasteiger partial charge in [-0.1, -0.05) is 29.9 Å². The van der Waals surface area contributed by atoms with Crippen LogP contribution in [0.4, 0.5) is 5.69 Å². The van der Waals surface area contributed by atoms with Crippen LogP contribution in [0.25, 0.3) is 0 Å². The second-order valence-electron chi connectivity index (χ2n) is 4.91. The number of rotatable bonds is 4. The maximum absolute atomic E-state index is 6.22. The zero-order valence-corrected chi connectivity index (χ0v) is 12.6. The molecule has 0 aliphatic carbocycles. The topological polar surface area (TPSA) is 38.5 Å². The third-order valence-electron chi connectivity index (χ3n) is 3.50. The standard InChI is InChI=1S/C14H19ClN2OS/c1-18-9-10-4-3-7-17(8-10)12-6-2-5-11(15)13(12)14(16)19/h2,5-6,10H,3-4,7-9H2,1H3,(H2,16,19). The number of anilines is 1. The van der Waals surface area contributed by atoms with Gasteiger partial charge in [0, 0.05) is 25.9 Å². The Morgan fingerprint density at radius 1 is 1.58 bits per heavy atom. The lowest BCUT2D eigenvalue weighted by Crippen LogP contribution is -2.38. The molecule has 1 atom stereocenters. The summed E-state index contributed by atoms with van der Waals surface area (Å²) in [6.07, 6.45) is 2.35. The monoisotopic (exact) mass is 298 g/mol. The number of hydrogen-bond donors (Lipinski definition) is 1. The molecule has 1 aliphatic rings. The van der Waals surface area contributed by atoms with Crippen molar-refractivity contribution in [1.82, 2.24) is 0 Å². The fourth-order valence-electron chi connectivity index (χ4n) is 2.68. The average Bonchev–Trinajstić information content (AvgIpc) is 2.38. The van der Waals surface area contributed by atoms with Crippen LogP contribution in [0.3, 0.4) is 0 Å². The Hall–Kier alpha value is -0.840. The Labute approximate surface area is 124 Å². The molecule has 0 saturated carbocycles. The highest BCUT2D eigenvalue weighted by molar-refractivity contribution is 7.80. The van der Waals surface area contributed by atoms with Gasteiger partial charge < -0.3 is 15.4 Å². The number of thiocarbonyl (C=S) groups is 1. The summed E-state index contributed by atoms with van der Waals surface area (Å²) in [6.45, 7) is 2.76. The summed E-state index contributed by atoms with van der Waals surface area (Å²) in [6, 6.07) is 5.81. The molecule has 1 aromatic rings. The molecule has 1 saturated heterocycles. The second-order valence-corrected chi connectivity index (χ2v) is 5.75. The molecule has 0 aromatic heterocycles. The Balaban J connectivity index is 2.26. The minimum Gasteiger partial charge on any atom is -0.389 e. The van der Waals surface area contributed by atoms with Gasteiger partial charge in [-0.15, -0.1) is 0 Å². The molecule has 2 N–H and O–H groups in total. The van der Waals surface area contributed by atoms with E-state index in [-0.39, 0.29) is 0 Å². The Kier molecular flexibility index (Phi) is 5.02. The molecule has 1 aliphatic heterocycles. The van der Waals surface area contributed by atoms with Gasteiger partial charge in [-0.2, -0.15) is 0 Å². The van der Waals surface area contributed by atoms with Crippen molar-refractivity contribution in [3.63, 3.8) is 0 Å². The molecule has 1 fully saturated rings. The average molecular weight is 299 g/mol. The molecular weight excluding hydrogens is 280 g/mol. The van der Waals surface area contributed by atoms with Crippen LogP contribution < -0.4 is 10.6 Å². The predicted octanol–water partition coefficient (Wildman–Crippen LogP) is 2.84. The van der Waals surface area contributed by atoms with E-state index in [9.17, 15) is 0 Å². The lowest BCUT2D eigenvalue weighted by molar-refractivity contribution is 0.143. The number of nitrogens with zero attached hydrogens (tertiary/aromatic N) is 1. The molecule has 5 heteroatoms. The Morgan fingerprint density at radius 3 is 3.05 bits per heavy atom. The zero-order chi connectivity index (χ0) is 13.8. The molecule has 0 amide bonds. The van der Waals surface area contributed by atoms with E-state index in [0.717, 1.165) is 37.4 Å². The van der Waals surface area contributed by atoms with Crippen LogP contribution in [0.15, 0.2) is 18.2 Å². The summed E-state index contributed by atoms with van der Waals surface area (Å²) in [5.74, 6) is 0.553. The number of ether oxygens (including phenoxy) is 1. The van der Waals surface area contributed by atoms with E-state index in [4.69, 9.17) is 34.3 Å². The van der Waals surface area contributed by atoms with Gasteiger partial charge in [0.15, 0.2) is 0 Å². The molecule has 0 bridgehead atoms. The number of halogens is 1. The SMILES string of the molecule is COCC1CCCN(c2cccc(Cl)c2C(N)=S)C1.